The van der Waals surface area contributed by atoms with E-state index in [0.29, 0.717) is 11.1 Å². The number of fused-ring (bicyclic) bond motifs is 10. The van der Waals surface area contributed by atoms with Gasteiger partial charge in [-0.05, 0) is 47.4 Å². The number of hydrogen-bond acceptors (Lipinski definition) is 5. The topological polar surface area (TPSA) is 56.7 Å². The average Bonchev–Trinajstić information content (AvgIpc) is 4.04. The van der Waals surface area contributed by atoms with Gasteiger partial charge in [0.1, 0.15) is 11.2 Å². The van der Waals surface area contributed by atoms with Gasteiger partial charge in [-0.2, -0.15) is 9.97 Å². The van der Waals surface area contributed by atoms with E-state index in [-0.39, 0.29) is 105 Å². The summed E-state index contributed by atoms with van der Waals surface area (Å²) in [5.74, 6) is -0.807. The van der Waals surface area contributed by atoms with Crippen LogP contribution < -0.4 is 0 Å². The monoisotopic (exact) mass is 686 g/mol. The molecule has 0 aliphatic heterocycles. The molecular weight excluding hydrogens is 645 g/mol. The van der Waals surface area contributed by atoms with Crippen molar-refractivity contribution in [1.82, 2.24) is 19.5 Å². The van der Waals surface area contributed by atoms with Crippen molar-refractivity contribution in [2.24, 2.45) is 0 Å². The van der Waals surface area contributed by atoms with Crippen LogP contribution in [-0.4, -0.2) is 19.5 Å². The standard InChI is InChI=1S/C45H26N4OS/c1-3-12-27(13-4-1)30-18-11-20-37-40(30)34-23-22-29(26-38(34)50-37)44-46-43(28-14-5-2-6-15-28)47-45(48-44)49-35-19-9-7-17-33(35)41-36(49)25-24-32-31-16-8-10-21-39(31)51-42(32)41/h1-26H/i7D,8D,9D,10D,11D,16D,17D,18D,19D,20D,21D,22D,23D,24D,25D,26D. The molecule has 0 radical (unpaired) electrons. The van der Waals surface area contributed by atoms with Gasteiger partial charge < -0.3 is 4.42 Å². The first-order valence-electron chi connectivity index (χ1n) is 23.7. The maximum Gasteiger partial charge on any atom is 0.238 e. The van der Waals surface area contributed by atoms with Gasteiger partial charge >= 0.3 is 0 Å². The van der Waals surface area contributed by atoms with Crippen molar-refractivity contribution in [1.29, 1.82) is 0 Å². The first-order chi connectivity index (χ1) is 32.0. The highest BCUT2D eigenvalue weighted by molar-refractivity contribution is 7.26. The Balaban J connectivity index is 1.30. The number of rotatable bonds is 4. The zero-order chi connectivity index (χ0) is 47.4. The zero-order valence-corrected chi connectivity index (χ0v) is 26.7. The van der Waals surface area contributed by atoms with Crippen LogP contribution in [0.15, 0.2) is 162 Å². The van der Waals surface area contributed by atoms with E-state index < -0.39 is 84.6 Å². The summed E-state index contributed by atoms with van der Waals surface area (Å²) >= 11 is 0.885. The van der Waals surface area contributed by atoms with E-state index in [0.717, 1.165) is 11.3 Å². The normalized spacial score (nSPS) is 16.3. The molecule has 0 atom stereocenters. The van der Waals surface area contributed by atoms with Gasteiger partial charge in [-0.15, -0.1) is 11.3 Å². The molecule has 11 aromatic rings. The maximum absolute atomic E-state index is 9.60. The van der Waals surface area contributed by atoms with Crippen molar-refractivity contribution >= 4 is 75.3 Å². The van der Waals surface area contributed by atoms with Gasteiger partial charge in [0.05, 0.1) is 33.0 Å². The van der Waals surface area contributed by atoms with Crippen molar-refractivity contribution < 1.29 is 26.3 Å². The van der Waals surface area contributed by atoms with Crippen LogP contribution >= 0.6 is 11.3 Å². The SMILES string of the molecule is [2H]c1c([2H])c(-c2ccccc2)c2c(oc3c([2H])c(-c4nc(-c5ccccc5)nc(-n5c6c([2H])c([2H])c([2H])c([2H])c6c6c7sc8c([2H])c([2H])c([2H])c([2H])c8c7c([2H])c([2H])c65)n4)c([2H])c([2H])c32)c1[2H]. The van der Waals surface area contributed by atoms with Crippen LogP contribution in [-0.2, 0) is 0 Å². The van der Waals surface area contributed by atoms with E-state index in [1.165, 1.54) is 4.57 Å². The lowest BCUT2D eigenvalue weighted by Crippen LogP contribution is -2.06. The van der Waals surface area contributed by atoms with Gasteiger partial charge in [0.25, 0.3) is 0 Å². The fourth-order valence-electron chi connectivity index (χ4n) is 6.45. The fourth-order valence-corrected chi connectivity index (χ4v) is 7.56. The Hall–Kier alpha value is -6.63. The van der Waals surface area contributed by atoms with Gasteiger partial charge in [-0.3, -0.25) is 4.57 Å². The van der Waals surface area contributed by atoms with Crippen molar-refractivity contribution in [2.45, 2.75) is 0 Å². The van der Waals surface area contributed by atoms with Gasteiger partial charge in [0.2, 0.25) is 5.95 Å². The van der Waals surface area contributed by atoms with Gasteiger partial charge in [0.15, 0.2) is 11.6 Å². The lowest BCUT2D eigenvalue weighted by Gasteiger charge is -2.11. The number of hydrogen-bond donors (Lipinski definition) is 0. The van der Waals surface area contributed by atoms with Crippen LogP contribution in [0.4, 0.5) is 0 Å². The zero-order valence-electron chi connectivity index (χ0n) is 41.9. The predicted molar refractivity (Wildman–Crippen MR) is 211 cm³/mol. The molecule has 0 unspecified atom stereocenters. The van der Waals surface area contributed by atoms with Crippen LogP contribution in [0, 0.1) is 0 Å². The first kappa shape index (κ1) is 16.9. The molecule has 11 rings (SSSR count). The maximum atomic E-state index is 9.60. The molecule has 0 N–H and O–H groups in total. The molecule has 0 spiro atoms. The summed E-state index contributed by atoms with van der Waals surface area (Å²) in [6.45, 7) is 0. The second-order valence-corrected chi connectivity index (χ2v) is 12.6. The molecule has 0 saturated carbocycles. The van der Waals surface area contributed by atoms with Gasteiger partial charge in [0, 0.05) is 52.8 Å². The number of para-hydroxylation sites is 1. The van der Waals surface area contributed by atoms with Crippen LogP contribution in [0.5, 0.6) is 0 Å². The largest absolute Gasteiger partial charge is 0.456 e. The average molecular weight is 687 g/mol. The second-order valence-electron chi connectivity index (χ2n) is 11.6. The summed E-state index contributed by atoms with van der Waals surface area (Å²) in [6.07, 6.45) is 0. The summed E-state index contributed by atoms with van der Waals surface area (Å²) in [4.78, 5) is 14.2. The third kappa shape index (κ3) is 4.30. The Morgan fingerprint density at radius 3 is 2.10 bits per heavy atom. The minimum Gasteiger partial charge on any atom is -0.456 e. The highest BCUT2D eigenvalue weighted by Crippen LogP contribution is 2.43. The highest BCUT2D eigenvalue weighted by Gasteiger charge is 2.21. The number of furan rings is 1. The molecule has 7 aromatic carbocycles. The Kier molecular flexibility index (Phi) is 3.61. The molecule has 0 bridgehead atoms. The predicted octanol–water partition coefficient (Wildman–Crippen LogP) is 12.2. The smallest absolute Gasteiger partial charge is 0.238 e. The van der Waals surface area contributed by atoms with E-state index in [2.05, 4.69) is 0 Å². The first-order valence-corrected chi connectivity index (χ1v) is 16.5. The van der Waals surface area contributed by atoms with Crippen molar-refractivity contribution in [3.05, 3.63) is 157 Å². The number of nitrogens with zero attached hydrogens (tertiary/aromatic N) is 4. The van der Waals surface area contributed by atoms with Gasteiger partial charge in [-0.25, -0.2) is 4.98 Å². The van der Waals surface area contributed by atoms with Crippen molar-refractivity contribution in [3.63, 3.8) is 0 Å². The highest BCUT2D eigenvalue weighted by atomic mass is 32.1. The lowest BCUT2D eigenvalue weighted by molar-refractivity contribution is 0.669. The van der Waals surface area contributed by atoms with E-state index >= 15 is 0 Å². The molecule has 51 heavy (non-hydrogen) atoms. The van der Waals surface area contributed by atoms with Gasteiger partial charge in [-0.1, -0.05) is 121 Å². The van der Waals surface area contributed by atoms with Crippen molar-refractivity contribution in [3.8, 4) is 39.9 Å². The van der Waals surface area contributed by atoms with E-state index in [1.807, 2.05) is 0 Å². The summed E-state index contributed by atoms with van der Waals surface area (Å²) in [7, 11) is 0. The third-order valence-corrected chi connectivity index (χ3v) is 9.81. The Morgan fingerprint density at radius 2 is 1.25 bits per heavy atom. The summed E-state index contributed by atoms with van der Waals surface area (Å²) in [6, 6.07) is 9.00. The summed E-state index contributed by atoms with van der Waals surface area (Å²) in [5, 5.41) is -0.0822. The second kappa shape index (κ2) is 10.9. The molecular formula is C45H26N4OS. The van der Waals surface area contributed by atoms with Crippen LogP contribution in [0.2, 0.25) is 0 Å². The third-order valence-electron chi connectivity index (χ3n) is 8.68. The molecule has 0 fully saturated rings. The Labute approximate surface area is 318 Å². The lowest BCUT2D eigenvalue weighted by atomic mass is 9.99. The molecule has 0 aliphatic rings. The molecule has 6 heteroatoms. The molecule has 0 aliphatic carbocycles. The number of thiophene rings is 1. The van der Waals surface area contributed by atoms with E-state index in [4.69, 9.17) is 31.7 Å². The number of benzene rings is 7. The van der Waals surface area contributed by atoms with Crippen LogP contribution in [0.3, 0.4) is 0 Å². The minimum absolute atomic E-state index is 0.0154. The molecule has 5 nitrogen and oxygen atoms in total. The molecule has 4 aromatic heterocycles. The van der Waals surface area contributed by atoms with E-state index in [1.54, 1.807) is 60.7 Å². The fraction of sp³-hybridized carbons (Fsp3) is 0. The summed E-state index contributed by atoms with van der Waals surface area (Å²) in [5.41, 5.74) is -0.128. The Bertz CT molecular complexity index is 4060. The molecule has 0 saturated heterocycles. The molecule has 4 heterocycles. The quantitative estimate of drug-likeness (QED) is 0.185. The molecule has 0 amide bonds. The minimum atomic E-state index is -0.657. The molecule has 238 valence electrons. The number of aromatic nitrogens is 4. The Morgan fingerprint density at radius 1 is 0.529 bits per heavy atom. The van der Waals surface area contributed by atoms with Crippen LogP contribution in [0.1, 0.15) is 21.9 Å². The summed E-state index contributed by atoms with van der Waals surface area (Å²) < 4.78 is 152. The van der Waals surface area contributed by atoms with Crippen LogP contribution in [0.25, 0.3) is 104 Å². The van der Waals surface area contributed by atoms with Crippen molar-refractivity contribution in [2.75, 3.05) is 0 Å². The van der Waals surface area contributed by atoms with E-state index in [9.17, 15) is 9.60 Å².